The standard InChI is InChI=1S/C16H11IN2O3S/c17-23-16-19-18-14(22-16)12-6-8-13(9-7-12)15(20)21-10-11-4-2-1-3-5-11/h1-9H,10H2. The van der Waals surface area contributed by atoms with E-state index in [0.29, 0.717) is 16.7 Å². The van der Waals surface area contributed by atoms with Gasteiger partial charge in [0, 0.05) is 35.7 Å². The maximum absolute atomic E-state index is 12.0. The molecule has 0 saturated heterocycles. The minimum absolute atomic E-state index is 0.251. The van der Waals surface area contributed by atoms with E-state index in [4.69, 9.17) is 9.15 Å². The molecule has 0 N–H and O–H groups in total. The van der Waals surface area contributed by atoms with Gasteiger partial charge < -0.3 is 9.15 Å². The molecule has 0 aliphatic carbocycles. The summed E-state index contributed by atoms with van der Waals surface area (Å²) in [5.74, 6) is 0.0582. The van der Waals surface area contributed by atoms with Crippen LogP contribution in [0.25, 0.3) is 11.5 Å². The number of carbonyl (C=O) groups is 1. The summed E-state index contributed by atoms with van der Waals surface area (Å²) in [7, 11) is 1.35. The minimum Gasteiger partial charge on any atom is -0.457 e. The Morgan fingerprint density at radius 2 is 1.83 bits per heavy atom. The van der Waals surface area contributed by atoms with Gasteiger partial charge in [-0.2, -0.15) is 0 Å². The fraction of sp³-hybridized carbons (Fsp3) is 0.0625. The molecule has 0 aliphatic rings. The molecule has 0 fully saturated rings. The maximum Gasteiger partial charge on any atom is 0.338 e. The van der Waals surface area contributed by atoms with Crippen LogP contribution in [0.2, 0.25) is 0 Å². The van der Waals surface area contributed by atoms with E-state index in [1.165, 1.54) is 8.93 Å². The summed E-state index contributed by atoms with van der Waals surface area (Å²) in [4.78, 5) is 12.0. The van der Waals surface area contributed by atoms with Crippen LogP contribution in [0.15, 0.2) is 64.2 Å². The van der Waals surface area contributed by atoms with Crippen LogP contribution in [0, 0.1) is 0 Å². The van der Waals surface area contributed by atoms with Crippen molar-refractivity contribution >= 4 is 36.1 Å². The van der Waals surface area contributed by atoms with E-state index in [1.807, 2.05) is 30.3 Å². The van der Waals surface area contributed by atoms with Crippen LogP contribution in [0.1, 0.15) is 15.9 Å². The zero-order valence-electron chi connectivity index (χ0n) is 11.8. The first-order valence-corrected chi connectivity index (χ1v) is 10.1. The molecule has 0 saturated carbocycles. The van der Waals surface area contributed by atoms with E-state index in [0.717, 1.165) is 11.1 Å². The molecular weight excluding hydrogens is 427 g/mol. The monoisotopic (exact) mass is 438 g/mol. The van der Waals surface area contributed by atoms with Crippen molar-refractivity contribution in [2.75, 3.05) is 0 Å². The summed E-state index contributed by atoms with van der Waals surface area (Å²) < 4.78 is 10.7. The lowest BCUT2D eigenvalue weighted by atomic mass is 10.1. The van der Waals surface area contributed by atoms with Crippen molar-refractivity contribution in [2.45, 2.75) is 11.8 Å². The third-order valence-corrected chi connectivity index (χ3v) is 4.48. The topological polar surface area (TPSA) is 65.2 Å². The Labute approximate surface area is 149 Å². The Balaban J connectivity index is 1.65. The molecule has 1 heterocycles. The minimum atomic E-state index is -0.366. The van der Waals surface area contributed by atoms with Crippen LogP contribution < -0.4 is 0 Å². The lowest BCUT2D eigenvalue weighted by Crippen LogP contribution is -2.05. The zero-order chi connectivity index (χ0) is 16.1. The second-order valence-electron chi connectivity index (χ2n) is 4.59. The molecule has 3 aromatic rings. The summed E-state index contributed by atoms with van der Waals surface area (Å²) in [6.45, 7) is 0.251. The van der Waals surface area contributed by atoms with Crippen molar-refractivity contribution in [1.82, 2.24) is 10.2 Å². The Bertz CT molecular complexity index is 791. The predicted octanol–water partition coefficient (Wildman–Crippen LogP) is 4.54. The number of halogens is 1. The number of ether oxygens (including phenoxy) is 1. The number of aromatic nitrogens is 2. The summed E-state index contributed by atoms with van der Waals surface area (Å²) in [5.41, 5.74) is 2.19. The van der Waals surface area contributed by atoms with Gasteiger partial charge in [0.2, 0.25) is 5.89 Å². The Morgan fingerprint density at radius 3 is 2.48 bits per heavy atom. The zero-order valence-corrected chi connectivity index (χ0v) is 14.8. The Morgan fingerprint density at radius 1 is 1.09 bits per heavy atom. The molecule has 0 amide bonds. The molecule has 23 heavy (non-hydrogen) atoms. The van der Waals surface area contributed by atoms with Gasteiger partial charge in [0.15, 0.2) is 0 Å². The third-order valence-electron chi connectivity index (χ3n) is 3.05. The van der Waals surface area contributed by atoms with Crippen LogP contribution >= 0.6 is 30.1 Å². The SMILES string of the molecule is O=C(OCc1ccccc1)c1ccc(-c2nnc(SI)o2)cc1. The molecule has 3 rings (SSSR count). The van der Waals surface area contributed by atoms with Crippen LogP contribution in [0.4, 0.5) is 0 Å². The van der Waals surface area contributed by atoms with Crippen LogP contribution in [0.5, 0.6) is 0 Å². The van der Waals surface area contributed by atoms with Crippen molar-refractivity contribution < 1.29 is 13.9 Å². The number of nitrogens with zero attached hydrogens (tertiary/aromatic N) is 2. The summed E-state index contributed by atoms with van der Waals surface area (Å²) in [6.07, 6.45) is 0. The first-order chi connectivity index (χ1) is 11.3. The lowest BCUT2D eigenvalue weighted by molar-refractivity contribution is 0.0472. The quantitative estimate of drug-likeness (QED) is 0.431. The first kappa shape index (κ1) is 16.0. The largest absolute Gasteiger partial charge is 0.457 e. The number of carbonyl (C=O) groups excluding carboxylic acids is 1. The van der Waals surface area contributed by atoms with Gasteiger partial charge in [0.05, 0.1) is 5.56 Å². The Kier molecular flexibility index (Phi) is 5.29. The van der Waals surface area contributed by atoms with E-state index in [2.05, 4.69) is 31.4 Å². The van der Waals surface area contributed by atoms with E-state index in [-0.39, 0.29) is 12.6 Å². The Hall–Kier alpha value is -1.87. The van der Waals surface area contributed by atoms with Gasteiger partial charge in [0.25, 0.3) is 5.22 Å². The molecule has 5 nitrogen and oxygen atoms in total. The van der Waals surface area contributed by atoms with Gasteiger partial charge in [-0.3, -0.25) is 0 Å². The molecule has 0 radical (unpaired) electrons. The average Bonchev–Trinajstić information content (AvgIpc) is 3.10. The summed E-state index contributed by atoms with van der Waals surface area (Å²) in [6, 6.07) is 16.4. The second-order valence-corrected chi connectivity index (χ2v) is 6.41. The highest BCUT2D eigenvalue weighted by Crippen LogP contribution is 2.27. The highest BCUT2D eigenvalue weighted by Gasteiger charge is 2.11. The summed E-state index contributed by atoms with van der Waals surface area (Å²) in [5, 5.41) is 8.32. The number of hydrogen-bond acceptors (Lipinski definition) is 6. The summed E-state index contributed by atoms with van der Waals surface area (Å²) >= 11 is 2.07. The van der Waals surface area contributed by atoms with Gasteiger partial charge in [-0.1, -0.05) is 30.3 Å². The van der Waals surface area contributed by atoms with Crippen LogP contribution in [0.3, 0.4) is 0 Å². The van der Waals surface area contributed by atoms with Crippen LogP contribution in [-0.4, -0.2) is 16.2 Å². The number of hydrogen-bond donors (Lipinski definition) is 0. The van der Waals surface area contributed by atoms with Crippen molar-refractivity contribution in [2.24, 2.45) is 0 Å². The van der Waals surface area contributed by atoms with Gasteiger partial charge in [0.1, 0.15) is 6.61 Å². The molecule has 0 unspecified atom stereocenters. The molecule has 0 bridgehead atoms. The lowest BCUT2D eigenvalue weighted by Gasteiger charge is -2.05. The molecule has 0 spiro atoms. The average molecular weight is 438 g/mol. The van der Waals surface area contributed by atoms with Gasteiger partial charge >= 0.3 is 5.97 Å². The van der Waals surface area contributed by atoms with Crippen LogP contribution in [-0.2, 0) is 11.3 Å². The third kappa shape index (κ3) is 4.11. The van der Waals surface area contributed by atoms with E-state index in [1.54, 1.807) is 24.3 Å². The van der Waals surface area contributed by atoms with Gasteiger partial charge in [-0.15, -0.1) is 10.2 Å². The number of benzene rings is 2. The molecule has 116 valence electrons. The fourth-order valence-corrected chi connectivity index (χ4v) is 2.63. The van der Waals surface area contributed by atoms with Crippen molar-refractivity contribution in [3.05, 3.63) is 65.7 Å². The first-order valence-electron chi connectivity index (χ1n) is 6.70. The molecule has 7 heteroatoms. The highest BCUT2D eigenvalue weighted by atomic mass is 127. The number of esters is 1. The fourth-order valence-electron chi connectivity index (χ4n) is 1.91. The van der Waals surface area contributed by atoms with Crippen molar-refractivity contribution in [1.29, 1.82) is 0 Å². The van der Waals surface area contributed by atoms with Crippen molar-refractivity contribution in [3.63, 3.8) is 0 Å². The predicted molar refractivity (Wildman–Crippen MR) is 95.2 cm³/mol. The molecule has 0 atom stereocenters. The van der Waals surface area contributed by atoms with Gasteiger partial charge in [-0.25, -0.2) is 4.79 Å². The normalized spacial score (nSPS) is 10.5. The van der Waals surface area contributed by atoms with Crippen molar-refractivity contribution in [3.8, 4) is 11.5 Å². The molecule has 2 aromatic carbocycles. The van der Waals surface area contributed by atoms with E-state index >= 15 is 0 Å². The van der Waals surface area contributed by atoms with E-state index < -0.39 is 0 Å². The maximum atomic E-state index is 12.0. The highest BCUT2D eigenvalue weighted by molar-refractivity contribution is 14.2. The molecule has 1 aromatic heterocycles. The molecule has 0 aliphatic heterocycles. The van der Waals surface area contributed by atoms with E-state index in [9.17, 15) is 4.79 Å². The number of rotatable bonds is 5. The second kappa shape index (κ2) is 7.60. The smallest absolute Gasteiger partial charge is 0.338 e. The van der Waals surface area contributed by atoms with Gasteiger partial charge in [-0.05, 0) is 29.8 Å². The molecular formula is C16H11IN2O3S.